The highest BCUT2D eigenvalue weighted by molar-refractivity contribution is 7.81. The number of unbranched alkanes of at least 4 members (excludes halogenated alkanes) is 4. The van der Waals surface area contributed by atoms with Crippen LogP contribution in [-0.4, -0.2) is 27.4 Å². The molecule has 0 aromatic heterocycles. The summed E-state index contributed by atoms with van der Waals surface area (Å²) in [4.78, 5) is 22.9. The number of ketones is 1. The lowest BCUT2D eigenvalue weighted by Gasteiger charge is -2.23. The molecule has 25 heavy (non-hydrogen) atoms. The summed E-state index contributed by atoms with van der Waals surface area (Å²) in [5.74, 6) is -0.359. The lowest BCUT2D eigenvalue weighted by molar-refractivity contribution is -0.137. The maximum absolute atomic E-state index is 12.4. The molecule has 3 nitrogen and oxygen atoms in total. The van der Waals surface area contributed by atoms with Gasteiger partial charge in [0.15, 0.2) is 0 Å². The third kappa shape index (κ3) is 8.50. The smallest absolute Gasteiger partial charge is 0.303 e. The van der Waals surface area contributed by atoms with Gasteiger partial charge in [-0.05, 0) is 38.0 Å². The molecule has 0 heterocycles. The molecule has 0 spiro atoms. The van der Waals surface area contributed by atoms with Crippen molar-refractivity contribution in [3.63, 3.8) is 0 Å². The molecule has 0 saturated heterocycles. The van der Waals surface area contributed by atoms with Gasteiger partial charge in [0.1, 0.15) is 5.78 Å². The molecule has 5 heteroatoms. The van der Waals surface area contributed by atoms with Crippen molar-refractivity contribution >= 4 is 37.0 Å². The number of hydrogen-bond acceptors (Lipinski definition) is 4. The molecule has 1 saturated carbocycles. The first kappa shape index (κ1) is 22.4. The Bertz CT molecular complexity index is 474. The van der Waals surface area contributed by atoms with E-state index in [1.54, 1.807) is 0 Å². The molecular weight excluding hydrogens is 352 g/mol. The van der Waals surface area contributed by atoms with Crippen molar-refractivity contribution in [2.75, 3.05) is 0 Å². The molecule has 0 amide bonds. The van der Waals surface area contributed by atoms with Crippen molar-refractivity contribution in [1.82, 2.24) is 0 Å². The average Bonchev–Trinajstić information content (AvgIpc) is 2.83. The number of aliphatic carboxylic acids is 1. The summed E-state index contributed by atoms with van der Waals surface area (Å²) in [5.41, 5.74) is 0. The Morgan fingerprint density at radius 2 is 1.96 bits per heavy atom. The minimum absolute atomic E-state index is 0.0447. The SMILES string of the molecule is CCCCC/C=C\[C@@H](S)C1C(=O)CC(S)[C@@H]1C/C=C\CCCC(=O)O. The second-order valence-corrected chi connectivity index (χ2v) is 8.09. The van der Waals surface area contributed by atoms with Gasteiger partial charge in [0.05, 0.1) is 0 Å². The monoisotopic (exact) mass is 384 g/mol. The van der Waals surface area contributed by atoms with E-state index in [1.165, 1.54) is 19.3 Å². The highest BCUT2D eigenvalue weighted by Crippen LogP contribution is 2.39. The van der Waals surface area contributed by atoms with E-state index in [1.807, 2.05) is 6.08 Å². The molecule has 1 aliphatic carbocycles. The second kappa shape index (κ2) is 12.6. The number of carbonyl (C=O) groups excluding carboxylic acids is 1. The van der Waals surface area contributed by atoms with Crippen molar-refractivity contribution < 1.29 is 14.7 Å². The number of carboxylic acid groups (broad SMARTS) is 1. The molecule has 1 aliphatic rings. The molecule has 0 aromatic carbocycles. The highest BCUT2D eigenvalue weighted by Gasteiger charge is 2.42. The van der Waals surface area contributed by atoms with Gasteiger partial charge in [0, 0.05) is 29.3 Å². The molecule has 4 atom stereocenters. The normalized spacial score (nSPS) is 25.2. The summed E-state index contributed by atoms with van der Waals surface area (Å²) in [6.45, 7) is 2.19. The first-order chi connectivity index (χ1) is 12.0. The number of allylic oxidation sites excluding steroid dienone is 3. The van der Waals surface area contributed by atoms with E-state index in [4.69, 9.17) is 5.11 Å². The Hall–Kier alpha value is -0.680. The second-order valence-electron chi connectivity index (χ2n) is 6.84. The van der Waals surface area contributed by atoms with E-state index in [0.717, 1.165) is 19.3 Å². The quantitative estimate of drug-likeness (QED) is 0.248. The number of rotatable bonds is 12. The van der Waals surface area contributed by atoms with Crippen LogP contribution < -0.4 is 0 Å². The molecule has 0 bridgehead atoms. The van der Waals surface area contributed by atoms with E-state index in [2.05, 4.69) is 50.4 Å². The van der Waals surface area contributed by atoms with Gasteiger partial charge < -0.3 is 5.11 Å². The van der Waals surface area contributed by atoms with Crippen molar-refractivity contribution in [1.29, 1.82) is 0 Å². The molecule has 2 unspecified atom stereocenters. The predicted octanol–water partition coefficient (Wildman–Crippen LogP) is 5.13. The first-order valence-corrected chi connectivity index (χ1v) is 10.4. The van der Waals surface area contributed by atoms with Crippen LogP contribution in [0.1, 0.15) is 64.7 Å². The molecule has 0 radical (unpaired) electrons. The van der Waals surface area contributed by atoms with Crippen LogP contribution in [-0.2, 0) is 9.59 Å². The van der Waals surface area contributed by atoms with Crippen LogP contribution in [0.3, 0.4) is 0 Å². The standard InChI is InChI=1S/C20H32O3S2/c1-2-3-4-5-9-12-17(24)20-15(18(25)14-16(20)21)11-8-6-7-10-13-19(22)23/h6,8-9,12,15,17-18,20,24-25H,2-5,7,10-11,13-14H2,1H3,(H,22,23)/b8-6-,12-9-/t15-,17+,18?,20?/m0/s1. The molecule has 142 valence electrons. The van der Waals surface area contributed by atoms with E-state index >= 15 is 0 Å². The van der Waals surface area contributed by atoms with Crippen LogP contribution in [0.2, 0.25) is 0 Å². The summed E-state index contributed by atoms with van der Waals surface area (Å²) in [6.07, 6.45) is 15.9. The zero-order chi connectivity index (χ0) is 18.7. The molecule has 0 aliphatic heterocycles. The maximum Gasteiger partial charge on any atom is 0.303 e. The van der Waals surface area contributed by atoms with Gasteiger partial charge in [0.2, 0.25) is 0 Å². The van der Waals surface area contributed by atoms with Gasteiger partial charge >= 0.3 is 5.97 Å². The summed E-state index contributed by atoms with van der Waals surface area (Å²) < 4.78 is 0. The Kier molecular flexibility index (Phi) is 11.3. The van der Waals surface area contributed by atoms with E-state index in [-0.39, 0.29) is 34.5 Å². The van der Waals surface area contributed by atoms with Gasteiger partial charge in [-0.25, -0.2) is 0 Å². The topological polar surface area (TPSA) is 54.4 Å². The van der Waals surface area contributed by atoms with Crippen LogP contribution >= 0.6 is 25.3 Å². The van der Waals surface area contributed by atoms with E-state index < -0.39 is 5.97 Å². The molecule has 1 rings (SSSR count). The summed E-state index contributed by atoms with van der Waals surface area (Å²) in [5, 5.41) is 8.68. The third-order valence-electron chi connectivity index (χ3n) is 4.75. The Labute approximate surface area is 163 Å². The van der Waals surface area contributed by atoms with Crippen molar-refractivity contribution in [3.8, 4) is 0 Å². The van der Waals surface area contributed by atoms with Crippen LogP contribution in [0, 0.1) is 11.8 Å². The fourth-order valence-corrected chi connectivity index (χ4v) is 4.33. The zero-order valence-electron chi connectivity index (χ0n) is 15.1. The van der Waals surface area contributed by atoms with E-state index in [0.29, 0.717) is 12.8 Å². The number of carbonyl (C=O) groups is 2. The van der Waals surface area contributed by atoms with Crippen molar-refractivity contribution in [2.45, 2.75) is 75.2 Å². The van der Waals surface area contributed by atoms with Gasteiger partial charge in [0.25, 0.3) is 0 Å². The van der Waals surface area contributed by atoms with Gasteiger partial charge in [-0.15, -0.1) is 0 Å². The number of Topliss-reactive ketones (excluding diaryl/α,β-unsaturated/α-hetero) is 1. The number of thiol groups is 2. The van der Waals surface area contributed by atoms with Gasteiger partial charge in [-0.3, -0.25) is 9.59 Å². The average molecular weight is 385 g/mol. The van der Waals surface area contributed by atoms with Crippen molar-refractivity contribution in [2.24, 2.45) is 11.8 Å². The Balaban J connectivity index is 2.50. The van der Waals surface area contributed by atoms with Crippen LogP contribution in [0.5, 0.6) is 0 Å². The molecular formula is C20H32O3S2. The number of carboxylic acids is 1. The maximum atomic E-state index is 12.4. The fraction of sp³-hybridized carbons (Fsp3) is 0.700. The summed E-state index contributed by atoms with van der Waals surface area (Å²) >= 11 is 9.30. The van der Waals surface area contributed by atoms with Crippen LogP contribution in [0.15, 0.2) is 24.3 Å². The lowest BCUT2D eigenvalue weighted by atomic mass is 9.88. The largest absolute Gasteiger partial charge is 0.481 e. The Morgan fingerprint density at radius 3 is 2.64 bits per heavy atom. The fourth-order valence-electron chi connectivity index (χ4n) is 3.33. The van der Waals surface area contributed by atoms with E-state index in [9.17, 15) is 9.59 Å². The van der Waals surface area contributed by atoms with Gasteiger partial charge in [-0.1, -0.05) is 44.1 Å². The van der Waals surface area contributed by atoms with Crippen LogP contribution in [0.4, 0.5) is 0 Å². The zero-order valence-corrected chi connectivity index (χ0v) is 16.9. The Morgan fingerprint density at radius 1 is 1.24 bits per heavy atom. The van der Waals surface area contributed by atoms with Crippen molar-refractivity contribution in [3.05, 3.63) is 24.3 Å². The predicted molar refractivity (Wildman–Crippen MR) is 111 cm³/mol. The highest BCUT2D eigenvalue weighted by atomic mass is 32.1. The number of hydrogen-bond donors (Lipinski definition) is 3. The first-order valence-electron chi connectivity index (χ1n) is 9.39. The summed E-state index contributed by atoms with van der Waals surface area (Å²) in [6, 6.07) is 0. The minimum Gasteiger partial charge on any atom is -0.481 e. The van der Waals surface area contributed by atoms with Crippen LogP contribution in [0.25, 0.3) is 0 Å². The molecule has 0 aromatic rings. The third-order valence-corrected chi connectivity index (χ3v) is 5.81. The van der Waals surface area contributed by atoms with Gasteiger partial charge in [-0.2, -0.15) is 25.3 Å². The lowest BCUT2D eigenvalue weighted by Crippen LogP contribution is -2.25. The summed E-state index contributed by atoms with van der Waals surface area (Å²) in [7, 11) is 0. The molecule has 1 N–H and O–H groups in total. The molecule has 1 fully saturated rings. The minimum atomic E-state index is -0.756.